The van der Waals surface area contributed by atoms with E-state index in [9.17, 15) is 18.4 Å². The predicted octanol–water partition coefficient (Wildman–Crippen LogP) is 1.00. The van der Waals surface area contributed by atoms with E-state index in [4.69, 9.17) is 5.73 Å². The van der Waals surface area contributed by atoms with Crippen molar-refractivity contribution in [2.24, 2.45) is 0 Å². The van der Waals surface area contributed by atoms with Gasteiger partial charge in [-0.1, -0.05) is 0 Å². The average Bonchev–Trinajstić information content (AvgIpc) is 2.22. The van der Waals surface area contributed by atoms with Crippen molar-refractivity contribution >= 4 is 11.7 Å². The number of pyridine rings is 1. The highest BCUT2D eigenvalue weighted by molar-refractivity contribution is 5.74. The number of H-pyrrole nitrogens is 1. The highest BCUT2D eigenvalue weighted by Gasteiger charge is 2.16. The first kappa shape index (κ1) is 13.1. The molecule has 1 heterocycles. The third kappa shape index (κ3) is 3.27. The van der Waals surface area contributed by atoms with E-state index in [2.05, 4.69) is 9.72 Å². The molecule has 0 saturated heterocycles. The number of aromatic amines is 1. The molecule has 94 valence electrons. The second-order valence-corrected chi connectivity index (χ2v) is 3.27. The topological polar surface area (TPSA) is 85.2 Å². The van der Waals surface area contributed by atoms with E-state index in [-0.39, 0.29) is 24.4 Å². The minimum atomic E-state index is -2.90. The Bertz CT molecular complexity index is 471. The smallest absolute Gasteiger partial charge is 0.311 e. The molecule has 0 saturated carbocycles. The standard InChI is InChI=1S/C10H12F2N2O3/c1-2-17-8(15)4-7-6(13)3-5(9(11)12)10(16)14-7/h3,9H,2,4,13H2,1H3,(H,14,16). The molecule has 7 heteroatoms. The first-order chi connectivity index (χ1) is 7.95. The van der Waals surface area contributed by atoms with E-state index < -0.39 is 23.5 Å². The molecule has 0 fully saturated rings. The number of rotatable bonds is 4. The summed E-state index contributed by atoms with van der Waals surface area (Å²) >= 11 is 0. The van der Waals surface area contributed by atoms with Crippen LogP contribution in [0.4, 0.5) is 14.5 Å². The van der Waals surface area contributed by atoms with E-state index in [1.165, 1.54) is 0 Å². The maximum atomic E-state index is 12.4. The van der Waals surface area contributed by atoms with Crippen LogP contribution in [-0.2, 0) is 16.0 Å². The number of carbonyl (C=O) groups excluding carboxylic acids is 1. The van der Waals surface area contributed by atoms with Gasteiger partial charge in [-0.15, -0.1) is 0 Å². The number of halogens is 2. The van der Waals surface area contributed by atoms with Crippen LogP contribution in [0.25, 0.3) is 0 Å². The van der Waals surface area contributed by atoms with Crippen molar-refractivity contribution in [2.45, 2.75) is 19.8 Å². The maximum absolute atomic E-state index is 12.4. The zero-order valence-corrected chi connectivity index (χ0v) is 9.13. The summed E-state index contributed by atoms with van der Waals surface area (Å²) in [4.78, 5) is 24.5. The Balaban J connectivity index is 3.00. The van der Waals surface area contributed by atoms with E-state index >= 15 is 0 Å². The second-order valence-electron chi connectivity index (χ2n) is 3.27. The molecule has 0 spiro atoms. The fourth-order valence-corrected chi connectivity index (χ4v) is 1.27. The van der Waals surface area contributed by atoms with E-state index in [1.807, 2.05) is 0 Å². The van der Waals surface area contributed by atoms with E-state index in [0.717, 1.165) is 6.07 Å². The molecule has 3 N–H and O–H groups in total. The molecule has 0 amide bonds. The molecule has 1 rings (SSSR count). The van der Waals surface area contributed by atoms with Gasteiger partial charge in [0, 0.05) is 0 Å². The van der Waals surface area contributed by atoms with Gasteiger partial charge in [0.05, 0.1) is 30.0 Å². The van der Waals surface area contributed by atoms with Gasteiger partial charge in [0.1, 0.15) is 0 Å². The summed E-state index contributed by atoms with van der Waals surface area (Å²) in [5, 5.41) is 0. The van der Waals surface area contributed by atoms with Gasteiger partial charge in [-0.2, -0.15) is 0 Å². The quantitative estimate of drug-likeness (QED) is 0.776. The Morgan fingerprint density at radius 2 is 2.24 bits per heavy atom. The number of nitrogens with two attached hydrogens (primary N) is 1. The molecule has 5 nitrogen and oxygen atoms in total. The molecule has 0 aliphatic rings. The van der Waals surface area contributed by atoms with Crippen molar-refractivity contribution in [1.82, 2.24) is 4.98 Å². The molecule has 1 aromatic rings. The summed E-state index contributed by atoms with van der Waals surface area (Å²) in [5.74, 6) is -0.584. The molecular weight excluding hydrogens is 234 g/mol. The van der Waals surface area contributed by atoms with Crippen LogP contribution in [0.15, 0.2) is 10.9 Å². The van der Waals surface area contributed by atoms with Crippen molar-refractivity contribution in [3.05, 3.63) is 27.7 Å². The van der Waals surface area contributed by atoms with E-state index in [0.29, 0.717) is 0 Å². The summed E-state index contributed by atoms with van der Waals surface area (Å²) in [5.41, 5.74) is 3.82. The van der Waals surface area contributed by atoms with Crippen LogP contribution in [0.5, 0.6) is 0 Å². The lowest BCUT2D eigenvalue weighted by molar-refractivity contribution is -0.142. The number of esters is 1. The van der Waals surface area contributed by atoms with Crippen LogP contribution in [0.2, 0.25) is 0 Å². The summed E-state index contributed by atoms with van der Waals surface area (Å²) in [6.07, 6.45) is -3.16. The first-order valence-electron chi connectivity index (χ1n) is 4.91. The molecular formula is C10H12F2N2O3. The van der Waals surface area contributed by atoms with Crippen molar-refractivity contribution < 1.29 is 18.3 Å². The summed E-state index contributed by atoms with van der Waals surface area (Å²) in [6.45, 7) is 1.82. The minimum Gasteiger partial charge on any atom is -0.466 e. The minimum absolute atomic E-state index is 0.0621. The Morgan fingerprint density at radius 3 is 2.76 bits per heavy atom. The number of hydrogen-bond donors (Lipinski definition) is 2. The van der Waals surface area contributed by atoms with Crippen LogP contribution in [0.1, 0.15) is 24.6 Å². The highest BCUT2D eigenvalue weighted by Crippen LogP contribution is 2.18. The van der Waals surface area contributed by atoms with Gasteiger partial charge in [0.25, 0.3) is 12.0 Å². The molecule has 0 bridgehead atoms. The van der Waals surface area contributed by atoms with Crippen molar-refractivity contribution in [2.75, 3.05) is 12.3 Å². The first-order valence-corrected chi connectivity index (χ1v) is 4.91. The number of carbonyl (C=O) groups is 1. The van der Waals surface area contributed by atoms with Crippen molar-refractivity contribution in [1.29, 1.82) is 0 Å². The Kier molecular flexibility index (Phi) is 4.19. The zero-order chi connectivity index (χ0) is 13.0. The fraction of sp³-hybridized carbons (Fsp3) is 0.400. The third-order valence-electron chi connectivity index (χ3n) is 2.05. The summed E-state index contributed by atoms with van der Waals surface area (Å²) < 4.78 is 29.4. The second kappa shape index (κ2) is 5.42. The van der Waals surface area contributed by atoms with Gasteiger partial charge >= 0.3 is 5.97 Å². The van der Waals surface area contributed by atoms with Gasteiger partial charge < -0.3 is 15.5 Å². The monoisotopic (exact) mass is 246 g/mol. The van der Waals surface area contributed by atoms with Gasteiger partial charge in [-0.25, -0.2) is 8.78 Å². The SMILES string of the molecule is CCOC(=O)Cc1[nH]c(=O)c(C(F)F)cc1N. The van der Waals surface area contributed by atoms with Gasteiger partial charge in [-0.05, 0) is 13.0 Å². The van der Waals surface area contributed by atoms with Crippen LogP contribution in [0, 0.1) is 0 Å². The Labute approximate surface area is 95.6 Å². The number of alkyl halides is 2. The van der Waals surface area contributed by atoms with Crippen molar-refractivity contribution in [3.63, 3.8) is 0 Å². The lowest BCUT2D eigenvalue weighted by Gasteiger charge is -2.07. The molecule has 0 radical (unpaired) electrons. The lowest BCUT2D eigenvalue weighted by Crippen LogP contribution is -2.19. The van der Waals surface area contributed by atoms with Gasteiger partial charge in [0.2, 0.25) is 0 Å². The third-order valence-corrected chi connectivity index (χ3v) is 2.05. The number of ether oxygens (including phenoxy) is 1. The molecule has 0 aliphatic heterocycles. The molecule has 1 aromatic heterocycles. The number of anilines is 1. The molecule has 17 heavy (non-hydrogen) atoms. The normalized spacial score (nSPS) is 10.6. The number of hydrogen-bond acceptors (Lipinski definition) is 4. The molecule has 0 aliphatic carbocycles. The van der Waals surface area contributed by atoms with Crippen molar-refractivity contribution in [3.8, 4) is 0 Å². The van der Waals surface area contributed by atoms with Gasteiger partial charge in [0.15, 0.2) is 0 Å². The van der Waals surface area contributed by atoms with Crippen LogP contribution in [-0.4, -0.2) is 17.6 Å². The number of aromatic nitrogens is 1. The fourth-order valence-electron chi connectivity index (χ4n) is 1.27. The lowest BCUT2D eigenvalue weighted by atomic mass is 10.2. The predicted molar refractivity (Wildman–Crippen MR) is 56.8 cm³/mol. The molecule has 0 unspecified atom stereocenters. The van der Waals surface area contributed by atoms with Crippen LogP contribution in [0.3, 0.4) is 0 Å². The van der Waals surface area contributed by atoms with E-state index in [1.54, 1.807) is 6.92 Å². The van der Waals surface area contributed by atoms with Crippen LogP contribution < -0.4 is 11.3 Å². The molecule has 0 atom stereocenters. The zero-order valence-electron chi connectivity index (χ0n) is 9.13. The summed E-state index contributed by atoms with van der Waals surface area (Å²) in [6, 6.07) is 0.873. The van der Waals surface area contributed by atoms with Gasteiger partial charge in [-0.3, -0.25) is 9.59 Å². The Hall–Kier alpha value is -1.92. The maximum Gasteiger partial charge on any atom is 0.311 e. The number of nitrogens with one attached hydrogen (secondary N) is 1. The highest BCUT2D eigenvalue weighted by atomic mass is 19.3. The molecule has 0 aromatic carbocycles. The average molecular weight is 246 g/mol. The number of nitrogen functional groups attached to an aromatic ring is 1. The summed E-state index contributed by atoms with van der Waals surface area (Å²) in [7, 11) is 0. The van der Waals surface area contributed by atoms with Crippen LogP contribution >= 0.6 is 0 Å². The Morgan fingerprint density at radius 1 is 1.59 bits per heavy atom. The largest absolute Gasteiger partial charge is 0.466 e.